The number of rotatable bonds is 7. The third kappa shape index (κ3) is 4.18. The van der Waals surface area contributed by atoms with Gasteiger partial charge in [-0.2, -0.15) is 9.57 Å². The van der Waals surface area contributed by atoms with Crippen molar-refractivity contribution in [3.8, 4) is 6.07 Å². The number of nitriles is 1. The number of sulfonamides is 1. The molecule has 0 aliphatic rings. The summed E-state index contributed by atoms with van der Waals surface area (Å²) < 4.78 is 31.0. The quantitative estimate of drug-likeness (QED) is 0.771. The zero-order valence-electron chi connectivity index (χ0n) is 10.5. The minimum absolute atomic E-state index is 0.0470. The normalized spacial score (nSPS) is 11.5. The van der Waals surface area contributed by atoms with Crippen molar-refractivity contribution in [3.05, 3.63) is 29.3 Å². The number of halogens is 1. The summed E-state index contributed by atoms with van der Waals surface area (Å²) in [7, 11) is -2.22. The van der Waals surface area contributed by atoms with Crippen LogP contribution in [0.15, 0.2) is 29.2 Å². The number of methoxy groups -OCH3 is 1. The molecule has 0 saturated heterocycles. The monoisotopic (exact) mass is 302 g/mol. The molecule has 0 heterocycles. The molecular weight excluding hydrogens is 288 g/mol. The van der Waals surface area contributed by atoms with E-state index in [9.17, 15) is 8.42 Å². The minimum Gasteiger partial charge on any atom is -0.383 e. The standard InChI is InChI=1S/C12H15ClN2O3S/c1-18-10-9-15(8-4-7-14)19(16,17)12-6-3-2-5-11(12)13/h2-3,5-6H,4,8-10H2,1H3. The van der Waals surface area contributed by atoms with Crippen LogP contribution in [0.1, 0.15) is 6.42 Å². The second-order valence-electron chi connectivity index (χ2n) is 3.74. The Morgan fingerprint density at radius 1 is 1.37 bits per heavy atom. The molecule has 0 atom stereocenters. The van der Waals surface area contributed by atoms with Crippen LogP contribution >= 0.6 is 11.6 Å². The average molecular weight is 303 g/mol. The van der Waals surface area contributed by atoms with Crippen molar-refractivity contribution in [1.82, 2.24) is 4.31 Å². The van der Waals surface area contributed by atoms with Crippen LogP contribution in [0.25, 0.3) is 0 Å². The molecule has 1 aromatic carbocycles. The van der Waals surface area contributed by atoms with E-state index in [4.69, 9.17) is 21.6 Å². The molecule has 5 nitrogen and oxygen atoms in total. The van der Waals surface area contributed by atoms with E-state index < -0.39 is 10.0 Å². The number of hydrogen-bond acceptors (Lipinski definition) is 4. The maximum Gasteiger partial charge on any atom is 0.244 e. The van der Waals surface area contributed by atoms with Gasteiger partial charge in [-0.3, -0.25) is 0 Å². The van der Waals surface area contributed by atoms with Crippen molar-refractivity contribution >= 4 is 21.6 Å². The molecule has 0 aliphatic carbocycles. The lowest BCUT2D eigenvalue weighted by atomic mass is 10.4. The summed E-state index contributed by atoms with van der Waals surface area (Å²) in [6, 6.07) is 8.17. The Hall–Kier alpha value is -1.13. The van der Waals surface area contributed by atoms with E-state index in [2.05, 4.69) is 0 Å². The first-order valence-electron chi connectivity index (χ1n) is 5.64. The van der Waals surface area contributed by atoms with Gasteiger partial charge in [0.1, 0.15) is 4.90 Å². The maximum absolute atomic E-state index is 12.4. The van der Waals surface area contributed by atoms with Gasteiger partial charge in [0.05, 0.1) is 17.7 Å². The topological polar surface area (TPSA) is 70.4 Å². The van der Waals surface area contributed by atoms with Crippen molar-refractivity contribution in [3.63, 3.8) is 0 Å². The molecule has 0 aliphatic heterocycles. The van der Waals surface area contributed by atoms with E-state index in [1.165, 1.54) is 23.5 Å². The van der Waals surface area contributed by atoms with Crippen LogP contribution in [0.2, 0.25) is 5.02 Å². The van der Waals surface area contributed by atoms with E-state index >= 15 is 0 Å². The zero-order valence-corrected chi connectivity index (χ0v) is 12.1. The molecule has 104 valence electrons. The third-order valence-electron chi connectivity index (χ3n) is 2.47. The van der Waals surface area contributed by atoms with Crippen LogP contribution in [0.5, 0.6) is 0 Å². The Balaban J connectivity index is 3.05. The minimum atomic E-state index is -3.71. The van der Waals surface area contributed by atoms with Crippen LogP contribution in [-0.4, -0.2) is 39.5 Å². The molecule has 0 amide bonds. The van der Waals surface area contributed by atoms with Crippen molar-refractivity contribution in [2.45, 2.75) is 11.3 Å². The second-order valence-corrected chi connectivity index (χ2v) is 6.05. The molecule has 0 N–H and O–H groups in total. The predicted molar refractivity (Wildman–Crippen MR) is 72.3 cm³/mol. The van der Waals surface area contributed by atoms with Crippen molar-refractivity contribution in [2.24, 2.45) is 0 Å². The Morgan fingerprint density at radius 3 is 2.63 bits per heavy atom. The lowest BCUT2D eigenvalue weighted by molar-refractivity contribution is 0.179. The third-order valence-corrected chi connectivity index (χ3v) is 4.87. The van der Waals surface area contributed by atoms with Crippen molar-refractivity contribution in [2.75, 3.05) is 26.8 Å². The fourth-order valence-corrected chi connectivity index (χ4v) is 3.43. The first kappa shape index (κ1) is 15.9. The van der Waals surface area contributed by atoms with E-state index in [-0.39, 0.29) is 36.0 Å². The lowest BCUT2D eigenvalue weighted by Gasteiger charge is -2.21. The summed E-state index contributed by atoms with van der Waals surface area (Å²) in [4.78, 5) is 0.0470. The van der Waals surface area contributed by atoms with E-state index in [0.29, 0.717) is 0 Å². The van der Waals surface area contributed by atoms with Gasteiger partial charge in [-0.15, -0.1) is 0 Å². The highest BCUT2D eigenvalue weighted by Gasteiger charge is 2.25. The van der Waals surface area contributed by atoms with Gasteiger partial charge < -0.3 is 4.74 Å². The smallest absolute Gasteiger partial charge is 0.244 e. The SMILES string of the molecule is COCCN(CCC#N)S(=O)(=O)c1ccccc1Cl. The summed E-state index contributed by atoms with van der Waals surface area (Å²) in [5.74, 6) is 0. The van der Waals surface area contributed by atoms with Crippen molar-refractivity contribution < 1.29 is 13.2 Å². The van der Waals surface area contributed by atoms with Gasteiger partial charge in [0, 0.05) is 26.6 Å². The summed E-state index contributed by atoms with van der Waals surface area (Å²) in [6.45, 7) is 0.564. The summed E-state index contributed by atoms with van der Waals surface area (Å²) in [5, 5.41) is 8.77. The molecule has 19 heavy (non-hydrogen) atoms. The van der Waals surface area contributed by atoms with Gasteiger partial charge in [-0.05, 0) is 12.1 Å². The van der Waals surface area contributed by atoms with Crippen LogP contribution < -0.4 is 0 Å². The Kier molecular flexibility index (Phi) is 6.25. The molecule has 1 aromatic rings. The first-order valence-corrected chi connectivity index (χ1v) is 7.46. The van der Waals surface area contributed by atoms with Crippen molar-refractivity contribution in [1.29, 1.82) is 5.26 Å². The molecular formula is C12H15ClN2O3S. The molecule has 1 rings (SSSR count). The molecule has 0 bridgehead atoms. The van der Waals surface area contributed by atoms with Crippen LogP contribution in [0.3, 0.4) is 0 Å². The maximum atomic E-state index is 12.4. The van der Waals surface area contributed by atoms with Gasteiger partial charge in [0.15, 0.2) is 0 Å². The van der Waals surface area contributed by atoms with Gasteiger partial charge in [-0.25, -0.2) is 8.42 Å². The molecule has 0 spiro atoms. The van der Waals surface area contributed by atoms with E-state index in [0.717, 1.165) is 0 Å². The number of hydrogen-bond donors (Lipinski definition) is 0. The first-order chi connectivity index (χ1) is 9.04. The predicted octanol–water partition coefficient (Wildman–Crippen LogP) is 1.89. The van der Waals surface area contributed by atoms with Gasteiger partial charge >= 0.3 is 0 Å². The molecule has 0 unspecified atom stereocenters. The fraction of sp³-hybridized carbons (Fsp3) is 0.417. The highest BCUT2D eigenvalue weighted by atomic mass is 35.5. The van der Waals surface area contributed by atoms with Crippen LogP contribution in [0, 0.1) is 11.3 Å². The Labute approximate surface area is 118 Å². The lowest BCUT2D eigenvalue weighted by Crippen LogP contribution is -2.34. The Morgan fingerprint density at radius 2 is 2.05 bits per heavy atom. The molecule has 0 saturated carbocycles. The van der Waals surface area contributed by atoms with E-state index in [1.807, 2.05) is 6.07 Å². The molecule has 7 heteroatoms. The molecule has 0 fully saturated rings. The van der Waals surface area contributed by atoms with Gasteiger partial charge in [-0.1, -0.05) is 23.7 Å². The largest absolute Gasteiger partial charge is 0.383 e. The second kappa shape index (κ2) is 7.46. The Bertz CT molecular complexity index is 554. The van der Waals surface area contributed by atoms with Crippen LogP contribution in [-0.2, 0) is 14.8 Å². The molecule has 0 aromatic heterocycles. The highest BCUT2D eigenvalue weighted by Crippen LogP contribution is 2.24. The summed E-state index contributed by atoms with van der Waals surface area (Å²) >= 11 is 5.92. The fourth-order valence-electron chi connectivity index (χ4n) is 1.51. The zero-order chi connectivity index (χ0) is 14.3. The van der Waals surface area contributed by atoms with Gasteiger partial charge in [0.25, 0.3) is 0 Å². The van der Waals surface area contributed by atoms with Crippen LogP contribution in [0.4, 0.5) is 0 Å². The number of ether oxygens (including phenoxy) is 1. The summed E-state index contributed by atoms with van der Waals surface area (Å²) in [6.07, 6.45) is 0.118. The molecule has 0 radical (unpaired) electrons. The summed E-state index contributed by atoms with van der Waals surface area (Å²) in [5.41, 5.74) is 0. The highest BCUT2D eigenvalue weighted by molar-refractivity contribution is 7.89. The van der Waals surface area contributed by atoms with Gasteiger partial charge in [0.2, 0.25) is 10.0 Å². The number of nitrogens with zero attached hydrogens (tertiary/aromatic N) is 2. The average Bonchev–Trinajstić information content (AvgIpc) is 2.39. The number of benzene rings is 1. The van der Waals surface area contributed by atoms with E-state index in [1.54, 1.807) is 12.1 Å².